The first kappa shape index (κ1) is 18.2. The minimum atomic E-state index is 0.139. The highest BCUT2D eigenvalue weighted by molar-refractivity contribution is 5.78. The van der Waals surface area contributed by atoms with Gasteiger partial charge in [0.15, 0.2) is 0 Å². The molecule has 1 aromatic rings. The average Bonchev–Trinajstić information content (AvgIpc) is 2.82. The second-order valence-corrected chi connectivity index (χ2v) is 7.57. The van der Waals surface area contributed by atoms with Gasteiger partial charge in [-0.3, -0.25) is 9.69 Å². The Hall–Kier alpha value is -1.59. The fourth-order valence-electron chi connectivity index (χ4n) is 3.84. The number of nitrogens with one attached hydrogen (secondary N) is 1. The fourth-order valence-corrected chi connectivity index (χ4v) is 3.84. The standard InChI is InChI=1S/C20H31N3O2/c1-22-10-7-18(8-11-22)23(2)15-20(24)21-14-16-9-12-25-19-6-4-3-5-17(19)13-16/h3-6,16,18H,7-15H2,1-2H3,(H,21,24)/t16-/m0/s1. The molecule has 2 aliphatic heterocycles. The van der Waals surface area contributed by atoms with Crippen molar-refractivity contribution in [1.29, 1.82) is 0 Å². The molecule has 3 rings (SSSR count). The Morgan fingerprint density at radius 1 is 1.28 bits per heavy atom. The molecule has 138 valence electrons. The number of ether oxygens (including phenoxy) is 1. The van der Waals surface area contributed by atoms with Crippen LogP contribution in [-0.2, 0) is 11.2 Å². The Balaban J connectivity index is 1.43. The molecule has 0 bridgehead atoms. The summed E-state index contributed by atoms with van der Waals surface area (Å²) in [7, 11) is 4.24. The molecule has 25 heavy (non-hydrogen) atoms. The lowest BCUT2D eigenvalue weighted by Crippen LogP contribution is -2.46. The number of nitrogens with zero attached hydrogens (tertiary/aromatic N) is 2. The van der Waals surface area contributed by atoms with Gasteiger partial charge < -0.3 is 15.0 Å². The molecule has 0 spiro atoms. The summed E-state index contributed by atoms with van der Waals surface area (Å²) in [6, 6.07) is 8.76. The third kappa shape index (κ3) is 5.19. The predicted molar refractivity (Wildman–Crippen MR) is 99.9 cm³/mol. The van der Waals surface area contributed by atoms with Crippen molar-refractivity contribution >= 4 is 5.91 Å². The number of hydrogen-bond donors (Lipinski definition) is 1. The van der Waals surface area contributed by atoms with Crippen molar-refractivity contribution < 1.29 is 9.53 Å². The molecule has 2 heterocycles. The quantitative estimate of drug-likeness (QED) is 0.883. The molecule has 0 saturated carbocycles. The SMILES string of the molecule is CN1CCC(N(C)CC(=O)NC[C@H]2CCOc3ccccc3C2)CC1. The van der Waals surface area contributed by atoms with Crippen molar-refractivity contribution in [3.05, 3.63) is 29.8 Å². The molecule has 0 aromatic heterocycles. The highest BCUT2D eigenvalue weighted by atomic mass is 16.5. The van der Waals surface area contributed by atoms with E-state index in [1.54, 1.807) is 0 Å². The number of likely N-dealkylation sites (tertiary alicyclic amines) is 1. The second-order valence-electron chi connectivity index (χ2n) is 7.57. The minimum Gasteiger partial charge on any atom is -0.493 e. The first-order valence-corrected chi connectivity index (χ1v) is 9.48. The number of carbonyl (C=O) groups excluding carboxylic acids is 1. The van der Waals surface area contributed by atoms with Gasteiger partial charge in [0.05, 0.1) is 13.2 Å². The van der Waals surface area contributed by atoms with Crippen LogP contribution in [-0.4, -0.2) is 68.6 Å². The number of rotatable bonds is 5. The van der Waals surface area contributed by atoms with Crippen molar-refractivity contribution in [2.24, 2.45) is 5.92 Å². The molecule has 1 N–H and O–H groups in total. The van der Waals surface area contributed by atoms with E-state index in [1.807, 2.05) is 12.1 Å². The van der Waals surface area contributed by atoms with Crippen LogP contribution in [0.4, 0.5) is 0 Å². The maximum atomic E-state index is 12.3. The van der Waals surface area contributed by atoms with E-state index >= 15 is 0 Å². The van der Waals surface area contributed by atoms with Gasteiger partial charge in [-0.05, 0) is 70.4 Å². The van der Waals surface area contributed by atoms with E-state index < -0.39 is 0 Å². The largest absolute Gasteiger partial charge is 0.493 e. The van der Waals surface area contributed by atoms with Gasteiger partial charge in [-0.15, -0.1) is 0 Å². The van der Waals surface area contributed by atoms with Crippen molar-refractivity contribution in [3.63, 3.8) is 0 Å². The molecule has 5 nitrogen and oxygen atoms in total. The summed E-state index contributed by atoms with van der Waals surface area (Å²) < 4.78 is 5.81. The number of piperidine rings is 1. The molecule has 1 saturated heterocycles. The Morgan fingerprint density at radius 2 is 2.04 bits per heavy atom. The normalized spacial score (nSPS) is 22.1. The maximum absolute atomic E-state index is 12.3. The lowest BCUT2D eigenvalue weighted by atomic mass is 9.97. The average molecular weight is 345 g/mol. The highest BCUT2D eigenvalue weighted by Crippen LogP contribution is 2.26. The molecule has 1 amide bonds. The van der Waals surface area contributed by atoms with Gasteiger partial charge in [0.1, 0.15) is 5.75 Å². The number of amides is 1. The van der Waals surface area contributed by atoms with Crippen LogP contribution in [0.1, 0.15) is 24.8 Å². The molecule has 1 atom stereocenters. The lowest BCUT2D eigenvalue weighted by molar-refractivity contribution is -0.122. The van der Waals surface area contributed by atoms with Gasteiger partial charge >= 0.3 is 0 Å². The Bertz CT molecular complexity index is 570. The minimum absolute atomic E-state index is 0.139. The summed E-state index contributed by atoms with van der Waals surface area (Å²) in [6.45, 7) is 4.20. The van der Waals surface area contributed by atoms with E-state index in [9.17, 15) is 4.79 Å². The molecule has 2 aliphatic rings. The number of hydrogen-bond acceptors (Lipinski definition) is 4. The predicted octanol–water partition coefficient (Wildman–Crippen LogP) is 1.77. The zero-order valence-electron chi connectivity index (χ0n) is 15.5. The fraction of sp³-hybridized carbons (Fsp3) is 0.650. The summed E-state index contributed by atoms with van der Waals surface area (Å²) >= 11 is 0. The van der Waals surface area contributed by atoms with Crippen LogP contribution in [0.2, 0.25) is 0 Å². The monoisotopic (exact) mass is 345 g/mol. The summed E-state index contributed by atoms with van der Waals surface area (Å²) in [5, 5.41) is 3.14. The molecule has 1 fully saturated rings. The Kier molecular flexibility index (Phi) is 6.32. The van der Waals surface area contributed by atoms with Gasteiger partial charge in [0.2, 0.25) is 5.91 Å². The first-order valence-electron chi connectivity index (χ1n) is 9.48. The highest BCUT2D eigenvalue weighted by Gasteiger charge is 2.23. The third-order valence-corrected chi connectivity index (χ3v) is 5.56. The summed E-state index contributed by atoms with van der Waals surface area (Å²) in [4.78, 5) is 16.9. The van der Waals surface area contributed by atoms with Crippen molar-refractivity contribution in [2.45, 2.75) is 31.7 Å². The van der Waals surface area contributed by atoms with E-state index in [0.717, 1.165) is 57.7 Å². The summed E-state index contributed by atoms with van der Waals surface area (Å²) in [5.74, 6) is 1.58. The summed E-state index contributed by atoms with van der Waals surface area (Å²) in [6.07, 6.45) is 4.26. The molecular weight excluding hydrogens is 314 g/mol. The van der Waals surface area contributed by atoms with Crippen LogP contribution in [0, 0.1) is 5.92 Å². The molecule has 0 aliphatic carbocycles. The molecule has 0 radical (unpaired) electrons. The topological polar surface area (TPSA) is 44.8 Å². The van der Waals surface area contributed by atoms with Crippen molar-refractivity contribution in [3.8, 4) is 5.75 Å². The van der Waals surface area contributed by atoms with Crippen LogP contribution in [0.25, 0.3) is 0 Å². The van der Waals surface area contributed by atoms with Crippen LogP contribution < -0.4 is 10.1 Å². The van der Waals surface area contributed by atoms with E-state index in [2.05, 4.69) is 41.3 Å². The number of benzene rings is 1. The van der Waals surface area contributed by atoms with E-state index in [-0.39, 0.29) is 5.91 Å². The molecule has 0 unspecified atom stereocenters. The number of para-hydroxylation sites is 1. The van der Waals surface area contributed by atoms with Crippen LogP contribution >= 0.6 is 0 Å². The van der Waals surface area contributed by atoms with Gasteiger partial charge in [0, 0.05) is 12.6 Å². The molecule has 5 heteroatoms. The van der Waals surface area contributed by atoms with Crippen LogP contribution in [0.5, 0.6) is 5.75 Å². The smallest absolute Gasteiger partial charge is 0.234 e. The lowest BCUT2D eigenvalue weighted by Gasteiger charge is -2.34. The van der Waals surface area contributed by atoms with Gasteiger partial charge in [-0.2, -0.15) is 0 Å². The van der Waals surface area contributed by atoms with E-state index in [4.69, 9.17) is 4.74 Å². The third-order valence-electron chi connectivity index (χ3n) is 5.56. The first-order chi connectivity index (χ1) is 12.1. The van der Waals surface area contributed by atoms with Crippen molar-refractivity contribution in [2.75, 3.05) is 46.9 Å². The zero-order chi connectivity index (χ0) is 17.6. The van der Waals surface area contributed by atoms with Crippen LogP contribution in [0.15, 0.2) is 24.3 Å². The number of likely N-dealkylation sites (N-methyl/N-ethyl adjacent to an activating group) is 1. The molecular formula is C20H31N3O2. The maximum Gasteiger partial charge on any atom is 0.234 e. The molecule has 1 aromatic carbocycles. The zero-order valence-corrected chi connectivity index (χ0v) is 15.5. The Morgan fingerprint density at radius 3 is 2.84 bits per heavy atom. The number of carbonyl (C=O) groups is 1. The Labute approximate surface area is 151 Å². The van der Waals surface area contributed by atoms with Gasteiger partial charge in [-0.1, -0.05) is 18.2 Å². The second kappa shape index (κ2) is 8.68. The summed E-state index contributed by atoms with van der Waals surface area (Å²) in [5.41, 5.74) is 1.25. The van der Waals surface area contributed by atoms with E-state index in [0.29, 0.717) is 18.5 Å². The van der Waals surface area contributed by atoms with Crippen LogP contribution in [0.3, 0.4) is 0 Å². The number of fused-ring (bicyclic) bond motifs is 1. The van der Waals surface area contributed by atoms with E-state index in [1.165, 1.54) is 5.56 Å². The van der Waals surface area contributed by atoms with Gasteiger partial charge in [-0.25, -0.2) is 0 Å². The van der Waals surface area contributed by atoms with Gasteiger partial charge in [0.25, 0.3) is 0 Å². The van der Waals surface area contributed by atoms with Crippen molar-refractivity contribution in [1.82, 2.24) is 15.1 Å².